The van der Waals surface area contributed by atoms with Gasteiger partial charge in [-0.1, -0.05) is 6.42 Å². The Morgan fingerprint density at radius 3 is 2.58 bits per heavy atom. The summed E-state index contributed by atoms with van der Waals surface area (Å²) >= 11 is 0. The number of Topliss-reactive ketones (excluding diaryl/α,β-unsaturated/α-hetero) is 1. The first-order valence-corrected chi connectivity index (χ1v) is 9.76. The molecule has 2 spiro atoms. The third kappa shape index (κ3) is 2.39. The summed E-state index contributed by atoms with van der Waals surface area (Å²) in [5.41, 5.74) is -0.256. The lowest BCUT2D eigenvalue weighted by atomic mass is 9.76. The van der Waals surface area contributed by atoms with Crippen LogP contribution in [0.1, 0.15) is 71.1 Å². The lowest BCUT2D eigenvalue weighted by Gasteiger charge is -2.44. The normalized spacial score (nSPS) is 49.0. The van der Waals surface area contributed by atoms with Crippen LogP contribution in [0.3, 0.4) is 0 Å². The van der Waals surface area contributed by atoms with Gasteiger partial charge < -0.3 is 18.9 Å². The summed E-state index contributed by atoms with van der Waals surface area (Å²) in [7, 11) is 0. The Balaban J connectivity index is 1.35. The second kappa shape index (κ2) is 5.50. The Hall–Kier alpha value is -0.490. The van der Waals surface area contributed by atoms with E-state index in [1.54, 1.807) is 6.92 Å². The molecule has 2 aliphatic carbocycles. The minimum atomic E-state index is -0.360. The highest BCUT2D eigenvalue weighted by Gasteiger charge is 2.65. The Morgan fingerprint density at radius 2 is 1.79 bits per heavy atom. The first kappa shape index (κ1) is 15.7. The van der Waals surface area contributed by atoms with Crippen molar-refractivity contribution in [3.05, 3.63) is 0 Å². The van der Waals surface area contributed by atoms with Gasteiger partial charge in [0.1, 0.15) is 11.9 Å². The maximum Gasteiger partial charge on any atom is 0.169 e. The highest BCUT2D eigenvalue weighted by atomic mass is 16.8. The smallest absolute Gasteiger partial charge is 0.169 e. The molecule has 0 amide bonds. The Morgan fingerprint density at radius 1 is 1.00 bits per heavy atom. The molecule has 2 bridgehead atoms. The summed E-state index contributed by atoms with van der Waals surface area (Å²) < 4.78 is 25.8. The summed E-state index contributed by atoms with van der Waals surface area (Å²) in [4.78, 5) is 11.5. The van der Waals surface area contributed by atoms with Gasteiger partial charge in [-0.25, -0.2) is 0 Å². The predicted molar refractivity (Wildman–Crippen MR) is 85.6 cm³/mol. The van der Waals surface area contributed by atoms with E-state index in [9.17, 15) is 4.79 Å². The van der Waals surface area contributed by atoms with Crippen LogP contribution < -0.4 is 0 Å². The number of ketones is 1. The summed E-state index contributed by atoms with van der Waals surface area (Å²) in [5, 5.41) is 0. The lowest BCUT2D eigenvalue weighted by molar-refractivity contribution is -0.215. The van der Waals surface area contributed by atoms with Crippen molar-refractivity contribution < 1.29 is 23.7 Å². The van der Waals surface area contributed by atoms with Gasteiger partial charge in [-0.3, -0.25) is 4.79 Å². The van der Waals surface area contributed by atoms with Crippen LogP contribution in [-0.4, -0.2) is 47.7 Å². The van der Waals surface area contributed by atoms with Crippen molar-refractivity contribution in [2.24, 2.45) is 0 Å². The second-order valence-corrected chi connectivity index (χ2v) is 8.57. The number of carbonyl (C=O) groups is 1. The molecule has 0 radical (unpaired) electrons. The van der Waals surface area contributed by atoms with Crippen molar-refractivity contribution in [3.8, 4) is 0 Å². The van der Waals surface area contributed by atoms with Crippen LogP contribution in [-0.2, 0) is 23.7 Å². The van der Waals surface area contributed by atoms with E-state index in [0.29, 0.717) is 6.42 Å². The van der Waals surface area contributed by atoms with E-state index < -0.39 is 0 Å². The first-order chi connectivity index (χ1) is 11.6. The van der Waals surface area contributed by atoms with E-state index in [-0.39, 0.29) is 47.7 Å². The molecule has 5 aliphatic rings. The molecule has 5 heteroatoms. The zero-order valence-electron chi connectivity index (χ0n) is 14.5. The highest BCUT2D eigenvalue weighted by molar-refractivity contribution is 5.76. The van der Waals surface area contributed by atoms with Crippen molar-refractivity contribution in [1.82, 2.24) is 0 Å². The monoisotopic (exact) mass is 336 g/mol. The fourth-order valence-corrected chi connectivity index (χ4v) is 5.79. The van der Waals surface area contributed by atoms with Crippen molar-refractivity contribution in [3.63, 3.8) is 0 Å². The van der Waals surface area contributed by atoms with Gasteiger partial charge in [-0.05, 0) is 32.6 Å². The molecule has 5 nitrogen and oxygen atoms in total. The molecule has 24 heavy (non-hydrogen) atoms. The van der Waals surface area contributed by atoms with Crippen molar-refractivity contribution >= 4 is 5.78 Å². The van der Waals surface area contributed by atoms with Crippen LogP contribution in [0.5, 0.6) is 0 Å². The average Bonchev–Trinajstić information content (AvgIpc) is 3.03. The van der Waals surface area contributed by atoms with Crippen molar-refractivity contribution in [2.75, 3.05) is 0 Å². The van der Waals surface area contributed by atoms with Crippen LogP contribution in [0, 0.1) is 0 Å². The number of rotatable bonds is 2. The molecule has 5 fully saturated rings. The first-order valence-electron chi connectivity index (χ1n) is 9.76. The molecule has 6 atom stereocenters. The molecule has 3 aliphatic heterocycles. The maximum absolute atomic E-state index is 11.5. The number of fused-ring (bicyclic) bond motifs is 3. The number of carbonyl (C=O) groups excluding carboxylic acids is 1. The van der Waals surface area contributed by atoms with Crippen molar-refractivity contribution in [1.29, 1.82) is 0 Å². The number of hydrogen-bond donors (Lipinski definition) is 0. The Kier molecular flexibility index (Phi) is 3.61. The van der Waals surface area contributed by atoms with Gasteiger partial charge >= 0.3 is 0 Å². The van der Waals surface area contributed by atoms with E-state index in [4.69, 9.17) is 18.9 Å². The quantitative estimate of drug-likeness (QED) is 0.776. The lowest BCUT2D eigenvalue weighted by Crippen LogP contribution is -2.53. The SMILES string of the molecule is CC(=O)CC1CCC2OC3C[C@]2(CC2OC4(CCCCC4)OC32)O1. The largest absolute Gasteiger partial charge is 0.369 e. The van der Waals surface area contributed by atoms with Gasteiger partial charge in [-0.2, -0.15) is 0 Å². The van der Waals surface area contributed by atoms with Gasteiger partial charge in [0.05, 0.1) is 30.0 Å². The van der Waals surface area contributed by atoms with Gasteiger partial charge in [0.15, 0.2) is 5.79 Å². The summed E-state index contributed by atoms with van der Waals surface area (Å²) in [5.74, 6) is -0.151. The standard InChI is InChI=1S/C19H28O5/c1-12(20)9-13-5-6-16-18(22-13)10-14(21-16)17-15(11-18)23-19(24-17)7-3-2-4-8-19/h13-17H,2-11H2,1H3/t13?,14?,15?,16?,17?,18-/m1/s1. The molecule has 0 aromatic heterocycles. The summed E-state index contributed by atoms with van der Waals surface area (Å²) in [6.07, 6.45) is 10.3. The topological polar surface area (TPSA) is 54.0 Å². The molecule has 5 rings (SSSR count). The molecule has 3 heterocycles. The van der Waals surface area contributed by atoms with Gasteiger partial charge in [0, 0.05) is 32.1 Å². The van der Waals surface area contributed by atoms with E-state index >= 15 is 0 Å². The molecule has 0 aromatic rings. The molecule has 0 N–H and O–H groups in total. The highest BCUT2D eigenvalue weighted by Crippen LogP contribution is 2.55. The minimum Gasteiger partial charge on any atom is -0.369 e. The minimum absolute atomic E-state index is 0.0450. The van der Waals surface area contributed by atoms with Gasteiger partial charge in [-0.15, -0.1) is 0 Å². The molecule has 134 valence electrons. The molecule has 0 aromatic carbocycles. The van der Waals surface area contributed by atoms with E-state index in [2.05, 4.69) is 0 Å². The van der Waals surface area contributed by atoms with Crippen LogP contribution in [0.15, 0.2) is 0 Å². The third-order valence-electron chi connectivity index (χ3n) is 6.75. The number of ether oxygens (including phenoxy) is 4. The molecule has 5 unspecified atom stereocenters. The van der Waals surface area contributed by atoms with Crippen LogP contribution in [0.4, 0.5) is 0 Å². The van der Waals surface area contributed by atoms with Crippen LogP contribution in [0.25, 0.3) is 0 Å². The zero-order valence-corrected chi connectivity index (χ0v) is 14.5. The number of hydrogen-bond acceptors (Lipinski definition) is 5. The van der Waals surface area contributed by atoms with E-state index in [1.165, 1.54) is 19.3 Å². The fourth-order valence-electron chi connectivity index (χ4n) is 5.79. The van der Waals surface area contributed by atoms with Crippen LogP contribution >= 0.6 is 0 Å². The second-order valence-electron chi connectivity index (χ2n) is 8.57. The molecule has 3 saturated heterocycles. The molecular formula is C19H28O5. The van der Waals surface area contributed by atoms with Crippen molar-refractivity contribution in [2.45, 2.75) is 113 Å². The fraction of sp³-hybridized carbons (Fsp3) is 0.947. The average molecular weight is 336 g/mol. The van der Waals surface area contributed by atoms with E-state index in [1.807, 2.05) is 0 Å². The Labute approximate surface area is 143 Å². The third-order valence-corrected chi connectivity index (χ3v) is 6.75. The molecule has 2 saturated carbocycles. The van der Waals surface area contributed by atoms with Gasteiger partial charge in [0.2, 0.25) is 0 Å². The van der Waals surface area contributed by atoms with Crippen LogP contribution in [0.2, 0.25) is 0 Å². The summed E-state index contributed by atoms with van der Waals surface area (Å²) in [6.45, 7) is 1.65. The van der Waals surface area contributed by atoms with E-state index in [0.717, 1.165) is 38.5 Å². The Bertz CT molecular complexity index is 528. The summed E-state index contributed by atoms with van der Waals surface area (Å²) in [6, 6.07) is 0. The zero-order chi connectivity index (χ0) is 16.4. The predicted octanol–water partition coefficient (Wildman–Crippen LogP) is 2.89. The van der Waals surface area contributed by atoms with Gasteiger partial charge in [0.25, 0.3) is 0 Å². The molecular weight excluding hydrogens is 308 g/mol. The maximum atomic E-state index is 11.5.